The number of amides is 2. The molecular weight excluding hydrogens is 362 g/mol. The van der Waals surface area contributed by atoms with Gasteiger partial charge >= 0.3 is 0 Å². The highest BCUT2D eigenvalue weighted by atomic mass is 32.2. The zero-order valence-corrected chi connectivity index (χ0v) is 15.9. The molecule has 1 saturated heterocycles. The van der Waals surface area contributed by atoms with Crippen molar-refractivity contribution in [2.45, 2.75) is 37.0 Å². The molecule has 1 fully saturated rings. The maximum absolute atomic E-state index is 12.3. The van der Waals surface area contributed by atoms with Crippen molar-refractivity contribution in [3.05, 3.63) is 43.0 Å². The van der Waals surface area contributed by atoms with Gasteiger partial charge in [0, 0.05) is 18.7 Å². The topological polar surface area (TPSA) is 88.9 Å². The van der Waals surface area contributed by atoms with Crippen LogP contribution >= 0.6 is 11.8 Å². The lowest BCUT2D eigenvalue weighted by Crippen LogP contribution is -2.46. The largest absolute Gasteiger partial charge is 0.354 e. The van der Waals surface area contributed by atoms with Crippen LogP contribution in [-0.4, -0.2) is 44.9 Å². The van der Waals surface area contributed by atoms with Crippen LogP contribution in [0.2, 0.25) is 0 Å². The Balaban J connectivity index is 1.65. The third kappa shape index (κ3) is 4.97. The number of carbonyl (C=O) groups is 2. The Kier molecular flexibility index (Phi) is 6.64. The second kappa shape index (κ2) is 9.36. The second-order valence-electron chi connectivity index (χ2n) is 6.27. The molecule has 0 radical (unpaired) electrons. The molecule has 3 rings (SSSR count). The molecule has 0 unspecified atom stereocenters. The Morgan fingerprint density at radius 2 is 2.15 bits per heavy atom. The van der Waals surface area contributed by atoms with Crippen LogP contribution < -0.4 is 10.6 Å². The highest BCUT2D eigenvalue weighted by molar-refractivity contribution is 7.99. The van der Waals surface area contributed by atoms with Crippen LogP contribution in [0.3, 0.4) is 0 Å². The Labute approximate surface area is 162 Å². The van der Waals surface area contributed by atoms with Crippen molar-refractivity contribution < 1.29 is 9.59 Å². The van der Waals surface area contributed by atoms with Crippen molar-refractivity contribution in [3.8, 4) is 11.4 Å². The molecule has 1 aliphatic rings. The number of nitrogens with zero attached hydrogens (tertiary/aromatic N) is 3. The summed E-state index contributed by atoms with van der Waals surface area (Å²) >= 11 is 1.30. The van der Waals surface area contributed by atoms with Crippen molar-refractivity contribution >= 4 is 23.6 Å². The Morgan fingerprint density at radius 3 is 2.93 bits per heavy atom. The summed E-state index contributed by atoms with van der Waals surface area (Å²) in [6.07, 6.45) is 4.31. The van der Waals surface area contributed by atoms with Crippen molar-refractivity contribution in [2.75, 3.05) is 12.3 Å². The minimum absolute atomic E-state index is 0.105. The van der Waals surface area contributed by atoms with Gasteiger partial charge < -0.3 is 10.6 Å². The van der Waals surface area contributed by atoms with E-state index in [2.05, 4.69) is 27.4 Å². The minimum atomic E-state index is -0.452. The van der Waals surface area contributed by atoms with Gasteiger partial charge in [0.2, 0.25) is 11.8 Å². The molecule has 0 aliphatic carbocycles. The van der Waals surface area contributed by atoms with E-state index < -0.39 is 6.04 Å². The summed E-state index contributed by atoms with van der Waals surface area (Å²) in [4.78, 5) is 24.3. The first-order valence-corrected chi connectivity index (χ1v) is 9.97. The van der Waals surface area contributed by atoms with Gasteiger partial charge in [0.05, 0.1) is 5.75 Å². The molecule has 1 aliphatic heterocycles. The highest BCUT2D eigenvalue weighted by Gasteiger charge is 2.23. The lowest BCUT2D eigenvalue weighted by molar-refractivity contribution is -0.127. The normalized spacial score (nSPS) is 17.0. The van der Waals surface area contributed by atoms with E-state index in [0.29, 0.717) is 24.7 Å². The minimum Gasteiger partial charge on any atom is -0.354 e. The fourth-order valence-electron chi connectivity index (χ4n) is 2.93. The SMILES string of the molecule is C=CCn1c(SCC(=O)N[C@H]2CCCCNC2=O)nnc1-c1ccccc1. The van der Waals surface area contributed by atoms with Crippen molar-refractivity contribution in [3.63, 3.8) is 0 Å². The molecule has 0 saturated carbocycles. The first-order valence-electron chi connectivity index (χ1n) is 8.98. The predicted octanol–water partition coefficient (Wildman–Crippen LogP) is 2.01. The third-order valence-electron chi connectivity index (χ3n) is 4.26. The van der Waals surface area contributed by atoms with Crippen LogP contribution in [0.15, 0.2) is 48.1 Å². The Morgan fingerprint density at radius 1 is 1.33 bits per heavy atom. The van der Waals surface area contributed by atoms with Crippen LogP contribution in [0.1, 0.15) is 19.3 Å². The summed E-state index contributed by atoms with van der Waals surface area (Å²) in [5.41, 5.74) is 0.957. The number of aromatic nitrogens is 3. The van der Waals surface area contributed by atoms with E-state index in [0.717, 1.165) is 24.2 Å². The van der Waals surface area contributed by atoms with Crippen LogP contribution in [0.5, 0.6) is 0 Å². The molecule has 0 bridgehead atoms. The summed E-state index contributed by atoms with van der Waals surface area (Å²) in [7, 11) is 0. The third-order valence-corrected chi connectivity index (χ3v) is 5.23. The van der Waals surface area contributed by atoms with E-state index in [4.69, 9.17) is 0 Å². The maximum atomic E-state index is 12.3. The van der Waals surface area contributed by atoms with Gasteiger partial charge in [-0.3, -0.25) is 14.2 Å². The number of benzene rings is 1. The molecule has 2 N–H and O–H groups in total. The summed E-state index contributed by atoms with van der Waals surface area (Å²) < 4.78 is 1.93. The highest BCUT2D eigenvalue weighted by Crippen LogP contribution is 2.23. The maximum Gasteiger partial charge on any atom is 0.242 e. The quantitative estimate of drug-likeness (QED) is 0.562. The van der Waals surface area contributed by atoms with Crippen LogP contribution in [0.4, 0.5) is 0 Å². The second-order valence-corrected chi connectivity index (χ2v) is 7.21. The molecular formula is C19H23N5O2S. The van der Waals surface area contributed by atoms with Gasteiger partial charge in [-0.15, -0.1) is 16.8 Å². The van der Waals surface area contributed by atoms with Crippen LogP contribution in [-0.2, 0) is 16.1 Å². The number of nitrogens with one attached hydrogen (secondary N) is 2. The fourth-order valence-corrected chi connectivity index (χ4v) is 3.69. The number of hydrogen-bond acceptors (Lipinski definition) is 5. The van der Waals surface area contributed by atoms with Crippen molar-refractivity contribution in [1.82, 2.24) is 25.4 Å². The zero-order chi connectivity index (χ0) is 19.1. The van der Waals surface area contributed by atoms with Crippen molar-refractivity contribution in [1.29, 1.82) is 0 Å². The number of allylic oxidation sites excluding steroid dienone is 1. The summed E-state index contributed by atoms with van der Waals surface area (Å²) in [6, 6.07) is 9.32. The van der Waals surface area contributed by atoms with Crippen LogP contribution in [0, 0.1) is 0 Å². The average Bonchev–Trinajstić information content (AvgIpc) is 2.97. The first kappa shape index (κ1) is 19.2. The van der Waals surface area contributed by atoms with Gasteiger partial charge in [-0.2, -0.15) is 0 Å². The van der Waals surface area contributed by atoms with Gasteiger partial charge in [-0.1, -0.05) is 48.2 Å². The number of rotatable bonds is 7. The van der Waals surface area contributed by atoms with E-state index >= 15 is 0 Å². The standard InChI is InChI=1S/C19H23N5O2S/c1-2-12-24-17(14-8-4-3-5-9-14)22-23-19(24)27-13-16(25)21-15-10-6-7-11-20-18(15)26/h2-5,8-9,15H,1,6-7,10-13H2,(H,20,26)(H,21,25)/t15-/m0/s1. The zero-order valence-electron chi connectivity index (χ0n) is 15.1. The lowest BCUT2D eigenvalue weighted by Gasteiger charge is -2.15. The molecule has 0 spiro atoms. The van der Waals surface area contributed by atoms with E-state index in [1.807, 2.05) is 34.9 Å². The molecule has 2 aromatic rings. The number of thioether (sulfide) groups is 1. The van der Waals surface area contributed by atoms with E-state index in [9.17, 15) is 9.59 Å². The fraction of sp³-hybridized carbons (Fsp3) is 0.368. The van der Waals surface area contributed by atoms with Gasteiger partial charge in [-0.25, -0.2) is 0 Å². The summed E-state index contributed by atoms with van der Waals surface area (Å²) in [6.45, 7) is 5.01. The Hall–Kier alpha value is -2.61. The van der Waals surface area contributed by atoms with Gasteiger partial charge in [0.1, 0.15) is 6.04 Å². The predicted molar refractivity (Wildman–Crippen MR) is 105 cm³/mol. The van der Waals surface area contributed by atoms with Crippen molar-refractivity contribution in [2.24, 2.45) is 0 Å². The number of hydrogen-bond donors (Lipinski definition) is 2. The van der Waals surface area contributed by atoms with E-state index in [-0.39, 0.29) is 17.6 Å². The number of carbonyl (C=O) groups excluding carboxylic acids is 2. The molecule has 2 amide bonds. The molecule has 2 heterocycles. The van der Waals surface area contributed by atoms with Gasteiger partial charge in [0.15, 0.2) is 11.0 Å². The molecule has 1 atom stereocenters. The lowest BCUT2D eigenvalue weighted by atomic mass is 10.1. The van der Waals surface area contributed by atoms with Crippen LogP contribution in [0.25, 0.3) is 11.4 Å². The van der Waals surface area contributed by atoms with Gasteiger partial charge in [-0.05, 0) is 19.3 Å². The van der Waals surface area contributed by atoms with Gasteiger partial charge in [0.25, 0.3) is 0 Å². The monoisotopic (exact) mass is 385 g/mol. The van der Waals surface area contributed by atoms with E-state index in [1.165, 1.54) is 11.8 Å². The molecule has 1 aromatic carbocycles. The first-order chi connectivity index (χ1) is 13.2. The smallest absolute Gasteiger partial charge is 0.242 e. The summed E-state index contributed by atoms with van der Waals surface area (Å²) in [5, 5.41) is 14.8. The molecule has 1 aromatic heterocycles. The molecule has 8 heteroatoms. The molecule has 7 nitrogen and oxygen atoms in total. The Bertz CT molecular complexity index is 806. The molecule has 142 valence electrons. The average molecular weight is 385 g/mol. The van der Waals surface area contributed by atoms with E-state index in [1.54, 1.807) is 6.08 Å². The molecule has 27 heavy (non-hydrogen) atoms. The summed E-state index contributed by atoms with van der Waals surface area (Å²) in [5.74, 6) is 0.624.